The lowest BCUT2D eigenvalue weighted by Crippen LogP contribution is -2.42. The molecule has 26 heavy (non-hydrogen) atoms. The number of nitrogens with one attached hydrogen (secondary N) is 1. The van der Waals surface area contributed by atoms with Gasteiger partial charge in [-0.3, -0.25) is 0 Å². The second kappa shape index (κ2) is 6.21. The molecule has 1 aromatic heterocycles. The Labute approximate surface area is 160 Å². The maximum atomic E-state index is 6.16. The highest BCUT2D eigenvalue weighted by Crippen LogP contribution is 2.51. The van der Waals surface area contributed by atoms with Gasteiger partial charge < -0.3 is 10.2 Å². The Bertz CT molecular complexity index is 844. The first-order chi connectivity index (χ1) is 12.7. The van der Waals surface area contributed by atoms with Crippen molar-refractivity contribution in [3.05, 3.63) is 46.9 Å². The van der Waals surface area contributed by atoms with Crippen molar-refractivity contribution in [2.75, 3.05) is 24.5 Å². The third-order valence-corrected chi connectivity index (χ3v) is 6.92. The number of aromatic nitrogens is 2. The van der Waals surface area contributed by atoms with Crippen molar-refractivity contribution in [3.63, 3.8) is 0 Å². The predicted octanol–water partition coefficient (Wildman–Crippen LogP) is 4.04. The van der Waals surface area contributed by atoms with Crippen LogP contribution in [0, 0.1) is 0 Å². The Morgan fingerprint density at radius 1 is 1.27 bits per heavy atom. The summed E-state index contributed by atoms with van der Waals surface area (Å²) in [6.07, 6.45) is 6.36. The lowest BCUT2D eigenvalue weighted by atomic mass is 9.74. The fourth-order valence-electron chi connectivity index (χ4n) is 5.16. The minimum absolute atomic E-state index is 0.211. The van der Waals surface area contributed by atoms with Crippen LogP contribution in [-0.2, 0) is 17.7 Å². The van der Waals surface area contributed by atoms with Crippen molar-refractivity contribution in [1.82, 2.24) is 15.3 Å². The monoisotopic (exact) mass is 368 g/mol. The summed E-state index contributed by atoms with van der Waals surface area (Å²) in [7, 11) is 0. The summed E-state index contributed by atoms with van der Waals surface area (Å²) >= 11 is 6.16. The zero-order valence-corrected chi connectivity index (χ0v) is 16.0. The minimum atomic E-state index is 0.211. The van der Waals surface area contributed by atoms with E-state index < -0.39 is 0 Å². The molecule has 3 heterocycles. The van der Waals surface area contributed by atoms with Gasteiger partial charge in [0, 0.05) is 34.8 Å². The normalized spacial score (nSPS) is 23.3. The first-order valence-corrected chi connectivity index (χ1v) is 10.3. The molecule has 5 heteroatoms. The molecule has 2 aromatic rings. The number of halogens is 1. The van der Waals surface area contributed by atoms with Crippen LogP contribution in [0.25, 0.3) is 0 Å². The van der Waals surface area contributed by atoms with E-state index in [1.165, 1.54) is 47.3 Å². The molecule has 1 spiro atoms. The standard InChI is InChI=1S/C21H25ClN4/c1-14-2-4-17-19(14)20(25-13-24-17)26-12-21(6-8-23-9-7-21)16-10-15(11-22)3-5-18(16)26/h3,5,10,13-14,23H,2,4,6-9,11-12H2,1H3. The van der Waals surface area contributed by atoms with E-state index in [4.69, 9.17) is 16.6 Å². The molecule has 0 saturated carbocycles. The lowest BCUT2D eigenvalue weighted by molar-refractivity contribution is 0.329. The van der Waals surface area contributed by atoms with Crippen LogP contribution < -0.4 is 10.2 Å². The largest absolute Gasteiger partial charge is 0.325 e. The molecule has 136 valence electrons. The number of anilines is 2. The molecule has 1 fully saturated rings. The Balaban J connectivity index is 1.66. The SMILES string of the molecule is CC1CCc2ncnc(N3CC4(CCNCC4)c4cc(CCl)ccc43)c21. The van der Waals surface area contributed by atoms with Crippen molar-refractivity contribution < 1.29 is 0 Å². The van der Waals surface area contributed by atoms with E-state index >= 15 is 0 Å². The molecule has 1 saturated heterocycles. The fourth-order valence-corrected chi connectivity index (χ4v) is 5.33. The van der Waals surface area contributed by atoms with Gasteiger partial charge in [-0.15, -0.1) is 11.6 Å². The maximum Gasteiger partial charge on any atom is 0.140 e. The molecule has 1 aliphatic carbocycles. The van der Waals surface area contributed by atoms with Gasteiger partial charge in [-0.1, -0.05) is 19.1 Å². The molecule has 0 amide bonds. The third kappa shape index (κ3) is 2.39. The zero-order chi connectivity index (χ0) is 17.7. The molecular weight excluding hydrogens is 344 g/mol. The quantitative estimate of drug-likeness (QED) is 0.812. The van der Waals surface area contributed by atoms with Crippen LogP contribution in [0.4, 0.5) is 11.5 Å². The van der Waals surface area contributed by atoms with E-state index in [-0.39, 0.29) is 5.41 Å². The first-order valence-electron chi connectivity index (χ1n) is 9.73. The smallest absolute Gasteiger partial charge is 0.140 e. The predicted molar refractivity (Wildman–Crippen MR) is 106 cm³/mol. The Kier molecular flexibility index (Phi) is 3.94. The number of benzene rings is 1. The number of nitrogens with zero attached hydrogens (tertiary/aromatic N) is 3. The second-order valence-electron chi connectivity index (χ2n) is 8.10. The van der Waals surface area contributed by atoms with Crippen LogP contribution in [0.2, 0.25) is 0 Å². The number of rotatable bonds is 2. The number of alkyl halides is 1. The highest BCUT2D eigenvalue weighted by atomic mass is 35.5. The van der Waals surface area contributed by atoms with Crippen LogP contribution in [0.1, 0.15) is 54.5 Å². The van der Waals surface area contributed by atoms with Gasteiger partial charge in [0.1, 0.15) is 12.1 Å². The van der Waals surface area contributed by atoms with E-state index in [1.807, 2.05) is 0 Å². The number of hydrogen-bond donors (Lipinski definition) is 1. The molecular formula is C21H25ClN4. The Hall–Kier alpha value is -1.65. The van der Waals surface area contributed by atoms with E-state index in [1.54, 1.807) is 6.33 Å². The van der Waals surface area contributed by atoms with Crippen LogP contribution in [0.3, 0.4) is 0 Å². The summed E-state index contributed by atoms with van der Waals surface area (Å²) in [6, 6.07) is 6.78. The van der Waals surface area contributed by atoms with E-state index in [2.05, 4.69) is 40.3 Å². The molecule has 3 aliphatic rings. The molecule has 1 aromatic carbocycles. The molecule has 5 rings (SSSR count). The summed E-state index contributed by atoms with van der Waals surface area (Å²) in [5.41, 5.74) is 6.82. The first kappa shape index (κ1) is 16.5. The highest BCUT2D eigenvalue weighted by Gasteiger charge is 2.45. The molecule has 1 unspecified atom stereocenters. The minimum Gasteiger partial charge on any atom is -0.325 e. The van der Waals surface area contributed by atoms with Crippen molar-refractivity contribution in [1.29, 1.82) is 0 Å². The number of aryl methyl sites for hydroxylation is 1. The van der Waals surface area contributed by atoms with E-state index in [0.717, 1.165) is 31.9 Å². The van der Waals surface area contributed by atoms with E-state index in [9.17, 15) is 0 Å². The topological polar surface area (TPSA) is 41.1 Å². The molecule has 4 nitrogen and oxygen atoms in total. The van der Waals surface area contributed by atoms with Gasteiger partial charge in [-0.25, -0.2) is 9.97 Å². The van der Waals surface area contributed by atoms with Crippen LogP contribution >= 0.6 is 11.6 Å². The van der Waals surface area contributed by atoms with Gasteiger partial charge in [0.05, 0.1) is 0 Å². The summed E-state index contributed by atoms with van der Waals surface area (Å²) in [6.45, 7) is 5.49. The van der Waals surface area contributed by atoms with Crippen molar-refractivity contribution in [2.45, 2.75) is 49.8 Å². The second-order valence-corrected chi connectivity index (χ2v) is 8.37. The third-order valence-electron chi connectivity index (χ3n) is 6.61. The van der Waals surface area contributed by atoms with Crippen molar-refractivity contribution in [2.24, 2.45) is 0 Å². The van der Waals surface area contributed by atoms with Gasteiger partial charge in [-0.05, 0) is 61.9 Å². The average Bonchev–Trinajstić information content (AvgIpc) is 3.21. The van der Waals surface area contributed by atoms with Gasteiger partial charge >= 0.3 is 0 Å². The van der Waals surface area contributed by atoms with Crippen LogP contribution in [0.15, 0.2) is 24.5 Å². The van der Waals surface area contributed by atoms with Gasteiger partial charge in [0.2, 0.25) is 0 Å². The zero-order valence-electron chi connectivity index (χ0n) is 15.3. The summed E-state index contributed by atoms with van der Waals surface area (Å²) in [5.74, 6) is 2.24. The van der Waals surface area contributed by atoms with Gasteiger partial charge in [0.15, 0.2) is 0 Å². The lowest BCUT2D eigenvalue weighted by Gasteiger charge is -2.35. The summed E-state index contributed by atoms with van der Waals surface area (Å²) < 4.78 is 0. The number of piperidine rings is 1. The Morgan fingerprint density at radius 2 is 2.12 bits per heavy atom. The molecule has 2 aliphatic heterocycles. The number of fused-ring (bicyclic) bond motifs is 3. The van der Waals surface area contributed by atoms with Crippen LogP contribution in [-0.4, -0.2) is 29.6 Å². The molecule has 0 bridgehead atoms. The van der Waals surface area contributed by atoms with Crippen molar-refractivity contribution >= 4 is 23.1 Å². The Morgan fingerprint density at radius 3 is 2.92 bits per heavy atom. The molecule has 0 radical (unpaired) electrons. The average molecular weight is 369 g/mol. The molecule has 1 N–H and O–H groups in total. The van der Waals surface area contributed by atoms with Gasteiger partial charge in [0.25, 0.3) is 0 Å². The summed E-state index contributed by atoms with van der Waals surface area (Å²) in [5, 5.41) is 3.53. The highest BCUT2D eigenvalue weighted by molar-refractivity contribution is 6.17. The van der Waals surface area contributed by atoms with Crippen LogP contribution in [0.5, 0.6) is 0 Å². The van der Waals surface area contributed by atoms with Gasteiger partial charge in [-0.2, -0.15) is 0 Å². The number of hydrogen-bond acceptors (Lipinski definition) is 4. The molecule has 1 atom stereocenters. The van der Waals surface area contributed by atoms with E-state index in [0.29, 0.717) is 11.8 Å². The summed E-state index contributed by atoms with van der Waals surface area (Å²) in [4.78, 5) is 11.8. The maximum absolute atomic E-state index is 6.16. The van der Waals surface area contributed by atoms with Crippen molar-refractivity contribution in [3.8, 4) is 0 Å². The fraction of sp³-hybridized carbons (Fsp3) is 0.524.